The molecule has 0 saturated carbocycles. The fourth-order valence-corrected chi connectivity index (χ4v) is 1.08. The lowest BCUT2D eigenvalue weighted by Gasteiger charge is -1.88. The predicted molar refractivity (Wildman–Crippen MR) is 51.7 cm³/mol. The topological polar surface area (TPSA) is 65.7 Å². The molecular formula is C10H6N2O2. The maximum Gasteiger partial charge on any atom is 0.300 e. The molecule has 1 aromatic carbocycles. The van der Waals surface area contributed by atoms with E-state index < -0.39 is 11.1 Å². The molecule has 2 bridgehead atoms. The summed E-state index contributed by atoms with van der Waals surface area (Å²) >= 11 is 0. The van der Waals surface area contributed by atoms with Crippen molar-refractivity contribution in [3.63, 3.8) is 0 Å². The zero-order chi connectivity index (χ0) is 9.97. The van der Waals surface area contributed by atoms with Crippen molar-refractivity contribution in [1.29, 1.82) is 0 Å². The lowest BCUT2D eigenvalue weighted by Crippen LogP contribution is -2.03. The van der Waals surface area contributed by atoms with E-state index in [9.17, 15) is 9.59 Å². The normalized spacial score (nSPS) is 9.43. The third kappa shape index (κ3) is 1.72. The summed E-state index contributed by atoms with van der Waals surface area (Å²) in [7, 11) is 0. The number of hydrogen-bond acceptors (Lipinski definition) is 2. The molecule has 4 heteroatoms. The molecule has 0 amide bonds. The second-order valence-electron chi connectivity index (χ2n) is 2.74. The van der Waals surface area contributed by atoms with Crippen LogP contribution in [0.3, 0.4) is 0 Å². The van der Waals surface area contributed by atoms with Crippen molar-refractivity contribution in [2.24, 2.45) is 0 Å². The highest BCUT2D eigenvalue weighted by Gasteiger charge is 1.84. The van der Waals surface area contributed by atoms with Crippen LogP contribution in [0.15, 0.2) is 33.9 Å². The van der Waals surface area contributed by atoms with E-state index in [0.29, 0.717) is 11.0 Å². The number of rotatable bonds is 0. The highest BCUT2D eigenvalue weighted by atomic mass is 16.1. The van der Waals surface area contributed by atoms with Crippen LogP contribution in [0.1, 0.15) is 0 Å². The molecule has 0 radical (unpaired) electrons. The van der Waals surface area contributed by atoms with Gasteiger partial charge in [-0.15, -0.1) is 0 Å². The van der Waals surface area contributed by atoms with E-state index in [0.717, 1.165) is 0 Å². The Hall–Kier alpha value is -2.28. The quantitative estimate of drug-likeness (QED) is 0.624. The van der Waals surface area contributed by atoms with Gasteiger partial charge < -0.3 is 9.97 Å². The molecule has 0 aliphatic carbocycles. The van der Waals surface area contributed by atoms with Gasteiger partial charge in [-0.3, -0.25) is 9.59 Å². The first-order valence-corrected chi connectivity index (χ1v) is 3.98. The molecule has 0 saturated heterocycles. The van der Waals surface area contributed by atoms with Gasteiger partial charge in [-0.2, -0.15) is 0 Å². The number of benzene rings is 1. The maximum atomic E-state index is 11.1. The minimum atomic E-state index is -0.491. The number of fused-ring (bicyclic) bond motifs is 6. The molecule has 2 N–H and O–H groups in total. The van der Waals surface area contributed by atoms with E-state index in [-0.39, 0.29) is 0 Å². The van der Waals surface area contributed by atoms with Gasteiger partial charge in [-0.25, -0.2) is 0 Å². The largest absolute Gasteiger partial charge is 0.315 e. The summed E-state index contributed by atoms with van der Waals surface area (Å²) in [5.41, 5.74) is 0.331. The van der Waals surface area contributed by atoms with Gasteiger partial charge >= 0.3 is 11.1 Å². The maximum absolute atomic E-state index is 11.1. The predicted octanol–water partition coefficient (Wildman–Crippen LogP) is 0.379. The second kappa shape index (κ2) is 3.23. The number of aromatic amines is 2. The van der Waals surface area contributed by atoms with E-state index in [4.69, 9.17) is 0 Å². The van der Waals surface area contributed by atoms with Gasteiger partial charge in [0, 0.05) is 23.2 Å². The van der Waals surface area contributed by atoms with E-state index in [1.54, 1.807) is 24.3 Å². The summed E-state index contributed by atoms with van der Waals surface area (Å²) in [4.78, 5) is 27.2. The highest BCUT2D eigenvalue weighted by molar-refractivity contribution is 5.55. The molecule has 0 fully saturated rings. The fourth-order valence-electron chi connectivity index (χ4n) is 1.08. The Labute approximate surface area is 78.9 Å². The molecule has 3 aromatic rings. The first-order chi connectivity index (χ1) is 6.74. The van der Waals surface area contributed by atoms with Crippen LogP contribution in [0.5, 0.6) is 0 Å². The van der Waals surface area contributed by atoms with Crippen molar-refractivity contribution in [2.75, 3.05) is 0 Å². The summed E-state index contributed by atoms with van der Waals surface area (Å²) in [6, 6.07) is 11.1. The van der Waals surface area contributed by atoms with Crippen LogP contribution in [-0.4, -0.2) is 9.97 Å². The van der Waals surface area contributed by atoms with Gasteiger partial charge in [0.1, 0.15) is 0 Å². The third-order valence-corrected chi connectivity index (χ3v) is 1.69. The van der Waals surface area contributed by atoms with E-state index in [1.165, 1.54) is 0 Å². The Bertz CT molecular complexity index is 522. The van der Waals surface area contributed by atoms with Crippen molar-refractivity contribution in [1.82, 2.24) is 9.97 Å². The van der Waals surface area contributed by atoms with Crippen LogP contribution < -0.4 is 11.1 Å². The summed E-state index contributed by atoms with van der Waals surface area (Å²) in [6.45, 7) is 0. The molecule has 4 nitrogen and oxygen atoms in total. The number of aromatic nitrogens is 2. The first-order valence-electron chi connectivity index (χ1n) is 3.98. The Morgan fingerprint density at radius 2 is 1.14 bits per heavy atom. The van der Waals surface area contributed by atoms with Gasteiger partial charge in [0.05, 0.1) is 0 Å². The molecule has 0 atom stereocenters. The molecule has 0 aliphatic rings. The molecule has 2 aromatic heterocycles. The number of H-pyrrole nitrogens is 2. The smallest absolute Gasteiger partial charge is 0.300 e. The molecule has 2 heterocycles. The summed E-state index contributed by atoms with van der Waals surface area (Å²) < 4.78 is 0. The molecule has 0 spiro atoms. The van der Waals surface area contributed by atoms with Crippen molar-refractivity contribution in [3.05, 3.63) is 57.1 Å². The van der Waals surface area contributed by atoms with Crippen LogP contribution in [0, 0.1) is 12.1 Å². The molecule has 14 heavy (non-hydrogen) atoms. The standard InChI is InChI=1S/C10H6N2O2/c13-9-5-6-10(14)12-8-2-1-7(11-9)3-4-8/h1-4H,(H,11,13)(H,12,14). The second-order valence-corrected chi connectivity index (χ2v) is 2.74. The number of hydrogen-bond donors (Lipinski definition) is 2. The van der Waals surface area contributed by atoms with Gasteiger partial charge in [0.15, 0.2) is 0 Å². The van der Waals surface area contributed by atoms with Gasteiger partial charge in [-0.05, 0) is 24.3 Å². The van der Waals surface area contributed by atoms with Crippen LogP contribution in [0.25, 0.3) is 11.0 Å². The van der Waals surface area contributed by atoms with Crippen molar-refractivity contribution >= 4 is 11.0 Å². The van der Waals surface area contributed by atoms with Crippen molar-refractivity contribution in [3.8, 4) is 0 Å². The Morgan fingerprint density at radius 1 is 0.786 bits per heavy atom. The van der Waals surface area contributed by atoms with Gasteiger partial charge in [-0.1, -0.05) is 0 Å². The summed E-state index contributed by atoms with van der Waals surface area (Å²) in [6.07, 6.45) is 0. The summed E-state index contributed by atoms with van der Waals surface area (Å²) in [5.74, 6) is 0. The molecule has 0 unspecified atom stereocenters. The van der Waals surface area contributed by atoms with E-state index >= 15 is 0 Å². The van der Waals surface area contributed by atoms with Gasteiger partial charge in [0.25, 0.3) is 0 Å². The minimum Gasteiger partial charge on any atom is -0.315 e. The zero-order valence-electron chi connectivity index (χ0n) is 7.13. The average molecular weight is 186 g/mol. The Morgan fingerprint density at radius 3 is 1.50 bits per heavy atom. The molecule has 3 rings (SSSR count). The first kappa shape index (κ1) is 8.32. The van der Waals surface area contributed by atoms with E-state index in [2.05, 4.69) is 22.1 Å². The van der Waals surface area contributed by atoms with Crippen LogP contribution >= 0.6 is 0 Å². The van der Waals surface area contributed by atoms with E-state index in [1.807, 2.05) is 0 Å². The van der Waals surface area contributed by atoms with Crippen molar-refractivity contribution < 1.29 is 0 Å². The fraction of sp³-hybridized carbons (Fsp3) is 0. The minimum absolute atomic E-state index is 0.491. The molecular weight excluding hydrogens is 180 g/mol. The van der Waals surface area contributed by atoms with Crippen LogP contribution in [0.2, 0.25) is 0 Å². The monoisotopic (exact) mass is 186 g/mol. The van der Waals surface area contributed by atoms with Crippen LogP contribution in [0.4, 0.5) is 0 Å². The highest BCUT2D eigenvalue weighted by Crippen LogP contribution is 1.98. The average Bonchev–Trinajstić information content (AvgIpc) is 2.18. The van der Waals surface area contributed by atoms with Crippen molar-refractivity contribution in [2.45, 2.75) is 0 Å². The SMILES string of the molecule is O=c1c#cc(=O)[nH]c2ccc(cc2)[nH]1. The summed E-state index contributed by atoms with van der Waals surface area (Å²) in [5, 5.41) is 0. The third-order valence-electron chi connectivity index (χ3n) is 1.69. The van der Waals surface area contributed by atoms with Crippen LogP contribution in [-0.2, 0) is 0 Å². The van der Waals surface area contributed by atoms with Gasteiger partial charge in [0.2, 0.25) is 0 Å². The Balaban J connectivity index is 2.97. The number of nitrogens with one attached hydrogen (secondary N) is 2. The molecule has 68 valence electrons. The lowest BCUT2D eigenvalue weighted by atomic mass is 10.3. The molecule has 0 aliphatic heterocycles. The zero-order valence-corrected chi connectivity index (χ0v) is 7.13. The lowest BCUT2D eigenvalue weighted by molar-refractivity contribution is 1.27. The Kier molecular flexibility index (Phi) is 1.92.